The molecular formula is C18H24N4O2. The van der Waals surface area contributed by atoms with Crippen LogP contribution in [0.2, 0.25) is 0 Å². The van der Waals surface area contributed by atoms with Crippen LogP contribution in [0.1, 0.15) is 25.7 Å². The Hall–Kier alpha value is -1.95. The van der Waals surface area contributed by atoms with Crippen LogP contribution >= 0.6 is 0 Å². The highest BCUT2D eigenvalue weighted by Crippen LogP contribution is 2.38. The summed E-state index contributed by atoms with van der Waals surface area (Å²) in [5, 5.41) is 0. The molecule has 0 N–H and O–H groups in total. The molecule has 2 saturated heterocycles. The minimum atomic E-state index is -0.0407. The van der Waals surface area contributed by atoms with Gasteiger partial charge in [-0.25, -0.2) is 4.98 Å². The summed E-state index contributed by atoms with van der Waals surface area (Å²) in [4.78, 5) is 35.5. The lowest BCUT2D eigenvalue weighted by atomic mass is 9.81. The molecule has 0 aromatic carbocycles. The fourth-order valence-electron chi connectivity index (χ4n) is 4.23. The Balaban J connectivity index is 1.35. The van der Waals surface area contributed by atoms with Crippen LogP contribution in [0.4, 0.5) is 5.82 Å². The maximum atomic E-state index is 12.6. The molecule has 128 valence electrons. The van der Waals surface area contributed by atoms with Crippen molar-refractivity contribution in [1.29, 1.82) is 0 Å². The third-order valence-corrected chi connectivity index (χ3v) is 5.62. The van der Waals surface area contributed by atoms with Gasteiger partial charge >= 0.3 is 0 Å². The zero-order chi connectivity index (χ0) is 16.5. The second-order valence-electron chi connectivity index (χ2n) is 7.04. The van der Waals surface area contributed by atoms with E-state index in [0.717, 1.165) is 57.7 Å². The van der Waals surface area contributed by atoms with Gasteiger partial charge < -0.3 is 4.90 Å². The molecule has 4 rings (SSSR count). The predicted octanol–water partition coefficient (Wildman–Crippen LogP) is 1.34. The van der Waals surface area contributed by atoms with E-state index in [1.54, 1.807) is 0 Å². The Morgan fingerprint density at radius 3 is 2.21 bits per heavy atom. The summed E-state index contributed by atoms with van der Waals surface area (Å²) >= 11 is 0. The highest BCUT2D eigenvalue weighted by molar-refractivity contribution is 6.05. The molecule has 1 aliphatic carbocycles. The molecule has 6 nitrogen and oxygen atoms in total. The Morgan fingerprint density at radius 2 is 1.62 bits per heavy atom. The monoisotopic (exact) mass is 328 g/mol. The van der Waals surface area contributed by atoms with E-state index in [2.05, 4.69) is 14.8 Å². The fourth-order valence-corrected chi connectivity index (χ4v) is 4.23. The number of imide groups is 1. The molecule has 3 fully saturated rings. The summed E-state index contributed by atoms with van der Waals surface area (Å²) in [6, 6.07) is 5.94. The van der Waals surface area contributed by atoms with Gasteiger partial charge in [-0.15, -0.1) is 0 Å². The SMILES string of the molecule is O=C1[C@@H]2CCCC[C@H]2C(=O)N1CN1CCN(c2ccccn2)CC1. The standard InChI is InChI=1S/C18H24N4O2/c23-17-14-5-1-2-6-15(14)18(24)22(17)13-20-9-11-21(12-10-20)16-7-3-4-8-19-16/h3-4,7-8,14-15H,1-2,5-6,9-13H2/t14-,15-/m1/s1. The van der Waals surface area contributed by atoms with Gasteiger partial charge in [-0.3, -0.25) is 19.4 Å². The highest BCUT2D eigenvalue weighted by Gasteiger charge is 2.48. The van der Waals surface area contributed by atoms with Gasteiger partial charge in [0, 0.05) is 32.4 Å². The Labute approximate surface area is 142 Å². The van der Waals surface area contributed by atoms with Gasteiger partial charge in [0.1, 0.15) is 5.82 Å². The van der Waals surface area contributed by atoms with Crippen molar-refractivity contribution in [2.24, 2.45) is 11.8 Å². The molecule has 0 unspecified atom stereocenters. The third-order valence-electron chi connectivity index (χ3n) is 5.62. The first kappa shape index (κ1) is 15.6. The normalized spacial score (nSPS) is 28.3. The van der Waals surface area contributed by atoms with Crippen molar-refractivity contribution in [3.05, 3.63) is 24.4 Å². The maximum Gasteiger partial charge on any atom is 0.234 e. The molecule has 0 spiro atoms. The molecule has 6 heteroatoms. The van der Waals surface area contributed by atoms with Crippen molar-refractivity contribution in [2.75, 3.05) is 37.7 Å². The molecule has 1 saturated carbocycles. The molecule has 3 heterocycles. The van der Waals surface area contributed by atoms with Gasteiger partial charge in [0.25, 0.3) is 0 Å². The number of pyridine rings is 1. The van der Waals surface area contributed by atoms with E-state index in [1.807, 2.05) is 24.4 Å². The lowest BCUT2D eigenvalue weighted by Crippen LogP contribution is -2.51. The van der Waals surface area contributed by atoms with Gasteiger partial charge in [0.15, 0.2) is 0 Å². The minimum Gasteiger partial charge on any atom is -0.354 e. The molecule has 0 radical (unpaired) electrons. The van der Waals surface area contributed by atoms with Crippen molar-refractivity contribution in [3.8, 4) is 0 Å². The maximum absolute atomic E-state index is 12.6. The quantitative estimate of drug-likeness (QED) is 0.784. The predicted molar refractivity (Wildman–Crippen MR) is 90.2 cm³/mol. The van der Waals surface area contributed by atoms with E-state index in [9.17, 15) is 9.59 Å². The third kappa shape index (κ3) is 2.79. The average molecular weight is 328 g/mol. The van der Waals surface area contributed by atoms with Crippen LogP contribution in [-0.2, 0) is 9.59 Å². The molecule has 2 atom stereocenters. The number of fused-ring (bicyclic) bond motifs is 1. The summed E-state index contributed by atoms with van der Waals surface area (Å²) in [5.41, 5.74) is 0. The smallest absolute Gasteiger partial charge is 0.234 e. The van der Waals surface area contributed by atoms with Crippen molar-refractivity contribution in [3.63, 3.8) is 0 Å². The van der Waals surface area contributed by atoms with Gasteiger partial charge in [0.05, 0.1) is 18.5 Å². The van der Waals surface area contributed by atoms with E-state index in [-0.39, 0.29) is 23.7 Å². The van der Waals surface area contributed by atoms with Crippen LogP contribution in [0.3, 0.4) is 0 Å². The number of hydrogen-bond acceptors (Lipinski definition) is 5. The van der Waals surface area contributed by atoms with Crippen LogP contribution < -0.4 is 4.90 Å². The largest absolute Gasteiger partial charge is 0.354 e. The number of anilines is 1. The van der Waals surface area contributed by atoms with Gasteiger partial charge in [-0.1, -0.05) is 18.9 Å². The van der Waals surface area contributed by atoms with Crippen molar-refractivity contribution in [2.45, 2.75) is 25.7 Å². The lowest BCUT2D eigenvalue weighted by Gasteiger charge is -2.36. The van der Waals surface area contributed by atoms with E-state index in [1.165, 1.54) is 4.90 Å². The first-order valence-corrected chi connectivity index (χ1v) is 8.97. The van der Waals surface area contributed by atoms with Crippen molar-refractivity contribution >= 4 is 17.6 Å². The topological polar surface area (TPSA) is 56.8 Å². The number of likely N-dealkylation sites (tertiary alicyclic amines) is 1. The fraction of sp³-hybridized carbons (Fsp3) is 0.611. The second-order valence-corrected chi connectivity index (χ2v) is 7.04. The number of nitrogens with zero attached hydrogens (tertiary/aromatic N) is 4. The van der Waals surface area contributed by atoms with Crippen LogP contribution in [0.15, 0.2) is 24.4 Å². The van der Waals surface area contributed by atoms with E-state index >= 15 is 0 Å². The Bertz CT molecular complexity index is 589. The summed E-state index contributed by atoms with van der Waals surface area (Å²) in [7, 11) is 0. The summed E-state index contributed by atoms with van der Waals surface area (Å²) in [5.74, 6) is 1.05. The van der Waals surface area contributed by atoms with Crippen molar-refractivity contribution < 1.29 is 9.59 Å². The van der Waals surface area contributed by atoms with Crippen LogP contribution in [0, 0.1) is 11.8 Å². The number of aromatic nitrogens is 1. The van der Waals surface area contributed by atoms with Crippen molar-refractivity contribution in [1.82, 2.24) is 14.8 Å². The van der Waals surface area contributed by atoms with Gasteiger partial charge in [-0.05, 0) is 25.0 Å². The first-order valence-electron chi connectivity index (χ1n) is 8.97. The van der Waals surface area contributed by atoms with Crippen LogP contribution in [-0.4, -0.2) is 59.4 Å². The van der Waals surface area contributed by atoms with Crippen LogP contribution in [0.25, 0.3) is 0 Å². The molecule has 2 aliphatic heterocycles. The zero-order valence-corrected chi connectivity index (χ0v) is 13.9. The lowest BCUT2D eigenvalue weighted by molar-refractivity contribution is -0.142. The van der Waals surface area contributed by atoms with Gasteiger partial charge in [0.2, 0.25) is 11.8 Å². The van der Waals surface area contributed by atoms with E-state index in [0.29, 0.717) is 6.67 Å². The van der Waals surface area contributed by atoms with E-state index in [4.69, 9.17) is 0 Å². The summed E-state index contributed by atoms with van der Waals surface area (Å²) in [6.07, 6.45) is 5.75. The molecule has 2 amide bonds. The first-order chi connectivity index (χ1) is 11.7. The number of carbonyl (C=O) groups is 2. The molecule has 24 heavy (non-hydrogen) atoms. The molecule has 3 aliphatic rings. The minimum absolute atomic E-state index is 0.0407. The highest BCUT2D eigenvalue weighted by atomic mass is 16.2. The number of rotatable bonds is 3. The number of carbonyl (C=O) groups excluding carboxylic acids is 2. The summed E-state index contributed by atoms with van der Waals surface area (Å²) in [6.45, 7) is 3.91. The summed E-state index contributed by atoms with van der Waals surface area (Å²) < 4.78 is 0. The van der Waals surface area contributed by atoms with Crippen LogP contribution in [0.5, 0.6) is 0 Å². The average Bonchev–Trinajstić information content (AvgIpc) is 2.88. The number of amides is 2. The Kier molecular flexibility index (Phi) is 4.22. The number of piperazine rings is 1. The number of hydrogen-bond donors (Lipinski definition) is 0. The zero-order valence-electron chi connectivity index (χ0n) is 13.9. The van der Waals surface area contributed by atoms with E-state index < -0.39 is 0 Å². The molecule has 1 aromatic rings. The Morgan fingerprint density at radius 1 is 0.958 bits per heavy atom. The molecule has 1 aromatic heterocycles. The second kappa shape index (κ2) is 6.51. The molecular weight excluding hydrogens is 304 g/mol. The molecule has 0 bridgehead atoms. The van der Waals surface area contributed by atoms with Gasteiger partial charge in [-0.2, -0.15) is 0 Å².